The van der Waals surface area contributed by atoms with Gasteiger partial charge in [0.15, 0.2) is 5.60 Å². The van der Waals surface area contributed by atoms with E-state index in [1.807, 2.05) is 6.07 Å². The summed E-state index contributed by atoms with van der Waals surface area (Å²) in [7, 11) is 1.31. The lowest BCUT2D eigenvalue weighted by Gasteiger charge is -2.39. The van der Waals surface area contributed by atoms with Crippen molar-refractivity contribution >= 4 is 0 Å². The molecular weight excluding hydrogens is 341 g/mol. The smallest absolute Gasteiger partial charge is 0.421 e. The minimum atomic E-state index is -4.85. The van der Waals surface area contributed by atoms with Crippen LogP contribution in [0.3, 0.4) is 0 Å². The third-order valence-electron chi connectivity index (χ3n) is 4.98. The van der Waals surface area contributed by atoms with Gasteiger partial charge in [0.25, 0.3) is 0 Å². The monoisotopic (exact) mass is 366 g/mol. The highest BCUT2D eigenvalue weighted by molar-refractivity contribution is 5.46. The van der Waals surface area contributed by atoms with Gasteiger partial charge in [-0.05, 0) is 54.5 Å². The van der Waals surface area contributed by atoms with Crippen LogP contribution in [0.4, 0.5) is 13.2 Å². The van der Waals surface area contributed by atoms with Crippen molar-refractivity contribution in [2.45, 2.75) is 51.3 Å². The first-order chi connectivity index (χ1) is 11.9. The summed E-state index contributed by atoms with van der Waals surface area (Å²) in [4.78, 5) is 0. The van der Waals surface area contributed by atoms with Crippen molar-refractivity contribution in [2.24, 2.45) is 0 Å². The molecule has 0 aliphatic heterocycles. The highest BCUT2D eigenvalue weighted by atomic mass is 19.4. The number of hydrogen-bond donors (Lipinski definition) is 1. The maximum atomic E-state index is 14.1. The molecule has 0 spiro atoms. The number of ether oxygens (including phenoxy) is 1. The number of alkyl halides is 3. The highest BCUT2D eigenvalue weighted by Crippen LogP contribution is 2.50. The lowest BCUT2D eigenvalue weighted by molar-refractivity contribution is -0.274. The van der Waals surface area contributed by atoms with Gasteiger partial charge in [0.1, 0.15) is 5.75 Å². The zero-order valence-electron chi connectivity index (χ0n) is 15.7. The van der Waals surface area contributed by atoms with Crippen LogP contribution in [-0.4, -0.2) is 18.4 Å². The van der Waals surface area contributed by atoms with Gasteiger partial charge in [0, 0.05) is 5.56 Å². The van der Waals surface area contributed by atoms with E-state index in [9.17, 15) is 18.3 Å². The van der Waals surface area contributed by atoms with E-state index in [1.165, 1.54) is 19.2 Å². The first-order valence-corrected chi connectivity index (χ1v) is 8.43. The molecule has 142 valence electrons. The van der Waals surface area contributed by atoms with Gasteiger partial charge in [-0.25, -0.2) is 0 Å². The Morgan fingerprint density at radius 1 is 0.962 bits per heavy atom. The van der Waals surface area contributed by atoms with Crippen molar-refractivity contribution in [3.63, 3.8) is 0 Å². The molecule has 0 amide bonds. The van der Waals surface area contributed by atoms with Gasteiger partial charge in [-0.2, -0.15) is 13.2 Å². The third kappa shape index (κ3) is 3.73. The minimum absolute atomic E-state index is 0.0387. The Morgan fingerprint density at radius 2 is 1.50 bits per heavy atom. The van der Waals surface area contributed by atoms with Crippen LogP contribution in [-0.2, 0) is 11.0 Å². The largest absolute Gasteiger partial charge is 0.496 e. The number of hydrogen-bond acceptors (Lipinski definition) is 2. The summed E-state index contributed by atoms with van der Waals surface area (Å²) >= 11 is 0. The van der Waals surface area contributed by atoms with Crippen molar-refractivity contribution in [3.05, 3.63) is 64.7 Å². The second-order valence-corrected chi connectivity index (χ2v) is 7.42. The van der Waals surface area contributed by atoms with E-state index in [1.54, 1.807) is 52.0 Å². The second kappa shape index (κ2) is 6.95. The fraction of sp³-hybridized carbons (Fsp3) is 0.429. The van der Waals surface area contributed by atoms with Crippen LogP contribution in [0.15, 0.2) is 42.5 Å². The fourth-order valence-corrected chi connectivity index (χ4v) is 3.26. The van der Waals surface area contributed by atoms with E-state index in [0.29, 0.717) is 5.56 Å². The molecule has 5 heteroatoms. The van der Waals surface area contributed by atoms with Gasteiger partial charge in [-0.3, -0.25) is 0 Å². The van der Waals surface area contributed by atoms with Gasteiger partial charge in [-0.15, -0.1) is 0 Å². The number of benzene rings is 2. The molecule has 0 heterocycles. The number of methoxy groups -OCH3 is 1. The topological polar surface area (TPSA) is 29.5 Å². The number of aryl methyl sites for hydroxylation is 2. The van der Waals surface area contributed by atoms with Crippen molar-refractivity contribution < 1.29 is 23.0 Å². The molecule has 1 N–H and O–H groups in total. The molecule has 0 bridgehead atoms. The summed E-state index contributed by atoms with van der Waals surface area (Å²) < 4.78 is 47.4. The molecule has 2 aromatic rings. The molecular formula is C21H25F3O2. The molecule has 0 aliphatic rings. The predicted octanol–water partition coefficient (Wildman–Crippen LogP) is 5.43. The molecule has 0 saturated carbocycles. The first kappa shape index (κ1) is 20.3. The summed E-state index contributed by atoms with van der Waals surface area (Å²) in [5, 5.41) is 10.9. The van der Waals surface area contributed by atoms with Gasteiger partial charge in [0.2, 0.25) is 0 Å². The van der Waals surface area contributed by atoms with E-state index in [0.717, 1.165) is 11.1 Å². The van der Waals surface area contributed by atoms with Gasteiger partial charge in [-0.1, -0.05) is 44.2 Å². The number of halogens is 3. The molecule has 2 rings (SSSR count). The van der Waals surface area contributed by atoms with Gasteiger partial charge in [0.05, 0.1) is 7.11 Å². The molecule has 0 radical (unpaired) electrons. The second-order valence-electron chi connectivity index (χ2n) is 7.42. The SMILES string of the molecule is COc1cc(C)c(C)cc1C(O)(CC(C)(C)c1ccccc1)C(F)(F)F. The molecule has 2 aromatic carbocycles. The summed E-state index contributed by atoms with van der Waals surface area (Å²) in [6.07, 6.45) is -5.37. The zero-order chi connectivity index (χ0) is 19.8. The van der Waals surface area contributed by atoms with Crippen LogP contribution in [0.5, 0.6) is 5.75 Å². The van der Waals surface area contributed by atoms with E-state index >= 15 is 0 Å². The van der Waals surface area contributed by atoms with Crippen LogP contribution >= 0.6 is 0 Å². The van der Waals surface area contributed by atoms with Crippen LogP contribution in [0.25, 0.3) is 0 Å². The molecule has 2 nitrogen and oxygen atoms in total. The fourth-order valence-electron chi connectivity index (χ4n) is 3.26. The van der Waals surface area contributed by atoms with E-state index in [2.05, 4.69) is 0 Å². The van der Waals surface area contributed by atoms with Crippen LogP contribution in [0, 0.1) is 13.8 Å². The average Bonchev–Trinajstić information content (AvgIpc) is 2.56. The molecule has 0 aromatic heterocycles. The molecule has 26 heavy (non-hydrogen) atoms. The van der Waals surface area contributed by atoms with Gasteiger partial charge < -0.3 is 9.84 Å². The van der Waals surface area contributed by atoms with Crippen LogP contribution in [0.1, 0.15) is 42.5 Å². The lowest BCUT2D eigenvalue weighted by atomic mass is 9.72. The number of rotatable bonds is 5. The minimum Gasteiger partial charge on any atom is -0.496 e. The predicted molar refractivity (Wildman–Crippen MR) is 96.5 cm³/mol. The zero-order valence-corrected chi connectivity index (χ0v) is 15.7. The van der Waals surface area contributed by atoms with Crippen molar-refractivity contribution in [2.75, 3.05) is 7.11 Å². The highest BCUT2D eigenvalue weighted by Gasteiger charge is 2.58. The Bertz CT molecular complexity index is 767. The third-order valence-corrected chi connectivity index (χ3v) is 4.98. The Hall–Kier alpha value is -2.01. The Balaban J connectivity index is 2.63. The maximum absolute atomic E-state index is 14.1. The molecule has 0 fully saturated rings. The summed E-state index contributed by atoms with van der Waals surface area (Å²) in [6.45, 7) is 6.92. The number of aliphatic hydroxyl groups is 1. The van der Waals surface area contributed by atoms with E-state index < -0.39 is 23.6 Å². The van der Waals surface area contributed by atoms with Crippen LogP contribution in [0.2, 0.25) is 0 Å². The molecule has 1 atom stereocenters. The normalized spacial score (nSPS) is 14.8. The van der Waals surface area contributed by atoms with Crippen molar-refractivity contribution in [3.8, 4) is 5.75 Å². The lowest BCUT2D eigenvalue weighted by Crippen LogP contribution is -2.46. The first-order valence-electron chi connectivity index (χ1n) is 8.43. The molecule has 0 saturated heterocycles. The quantitative estimate of drug-likeness (QED) is 0.765. The summed E-state index contributed by atoms with van der Waals surface area (Å²) in [5.41, 5.74) is -1.99. The maximum Gasteiger partial charge on any atom is 0.421 e. The molecule has 1 unspecified atom stereocenters. The van der Waals surface area contributed by atoms with Crippen LogP contribution < -0.4 is 4.74 Å². The van der Waals surface area contributed by atoms with Gasteiger partial charge >= 0.3 is 6.18 Å². The Morgan fingerprint density at radius 3 is 2.00 bits per heavy atom. The molecule has 0 aliphatic carbocycles. The summed E-state index contributed by atoms with van der Waals surface area (Å²) in [6, 6.07) is 11.8. The van der Waals surface area contributed by atoms with Crippen molar-refractivity contribution in [1.82, 2.24) is 0 Å². The van der Waals surface area contributed by atoms with Crippen molar-refractivity contribution in [1.29, 1.82) is 0 Å². The van der Waals surface area contributed by atoms with E-state index in [4.69, 9.17) is 4.74 Å². The Kier molecular flexibility index (Phi) is 5.43. The standard InChI is InChI=1S/C21H25F3O2/c1-14-11-17(18(26-5)12-15(14)2)20(25,21(22,23)24)13-19(3,4)16-9-7-6-8-10-16/h6-12,25H,13H2,1-5H3. The Labute approximate surface area is 152 Å². The summed E-state index contributed by atoms with van der Waals surface area (Å²) in [5.74, 6) is 0.0387. The average molecular weight is 366 g/mol. The van der Waals surface area contributed by atoms with E-state index in [-0.39, 0.29) is 11.3 Å².